The van der Waals surface area contributed by atoms with Crippen molar-refractivity contribution in [2.45, 2.75) is 12.5 Å². The summed E-state index contributed by atoms with van der Waals surface area (Å²) in [6, 6.07) is 3.67. The SMILES string of the molecule is NNC(Cc1ccncc1Cl)c1ccoc1Br. The lowest BCUT2D eigenvalue weighted by Gasteiger charge is -2.15. The van der Waals surface area contributed by atoms with Gasteiger partial charge in [0.1, 0.15) is 0 Å². The van der Waals surface area contributed by atoms with Gasteiger partial charge in [-0.25, -0.2) is 0 Å². The molecule has 0 amide bonds. The standard InChI is InChI=1S/C11H11BrClN3O/c12-11-8(2-4-17-11)10(16-14)5-7-1-3-15-6-9(7)13/h1-4,6,10,16H,5,14H2. The first-order valence-corrected chi connectivity index (χ1v) is 6.17. The van der Waals surface area contributed by atoms with Crippen LogP contribution in [0.25, 0.3) is 0 Å². The Labute approximate surface area is 112 Å². The Morgan fingerprint density at radius 1 is 1.53 bits per heavy atom. The number of nitrogens with zero attached hydrogens (tertiary/aromatic N) is 1. The third kappa shape index (κ3) is 2.87. The predicted octanol–water partition coefficient (Wildman–Crippen LogP) is 2.84. The summed E-state index contributed by atoms with van der Waals surface area (Å²) in [5.41, 5.74) is 4.69. The molecule has 0 aromatic carbocycles. The van der Waals surface area contributed by atoms with Crippen LogP contribution in [-0.2, 0) is 6.42 Å². The van der Waals surface area contributed by atoms with E-state index in [1.807, 2.05) is 12.1 Å². The van der Waals surface area contributed by atoms with E-state index in [9.17, 15) is 0 Å². The van der Waals surface area contributed by atoms with Crippen molar-refractivity contribution in [3.05, 3.63) is 51.6 Å². The van der Waals surface area contributed by atoms with Gasteiger partial charge in [-0.05, 0) is 40.0 Å². The Hall–Kier alpha value is -0.880. The molecule has 2 rings (SSSR count). The van der Waals surface area contributed by atoms with E-state index in [4.69, 9.17) is 21.9 Å². The van der Waals surface area contributed by atoms with Gasteiger partial charge in [0.15, 0.2) is 4.67 Å². The summed E-state index contributed by atoms with van der Waals surface area (Å²) in [6.45, 7) is 0. The van der Waals surface area contributed by atoms with Gasteiger partial charge in [0.2, 0.25) is 0 Å². The molecule has 1 atom stereocenters. The van der Waals surface area contributed by atoms with Crippen LogP contribution >= 0.6 is 27.5 Å². The fourth-order valence-corrected chi connectivity index (χ4v) is 2.31. The number of nitrogens with two attached hydrogens (primary N) is 1. The lowest BCUT2D eigenvalue weighted by atomic mass is 10.0. The van der Waals surface area contributed by atoms with Gasteiger partial charge in [0, 0.05) is 18.0 Å². The molecule has 6 heteroatoms. The topological polar surface area (TPSA) is 64.1 Å². The molecule has 0 saturated carbocycles. The first kappa shape index (κ1) is 12.6. The fourth-order valence-electron chi connectivity index (χ4n) is 1.60. The molecule has 4 nitrogen and oxygen atoms in total. The second-order valence-corrected chi connectivity index (χ2v) is 4.67. The van der Waals surface area contributed by atoms with Gasteiger partial charge in [-0.15, -0.1) is 0 Å². The molecule has 17 heavy (non-hydrogen) atoms. The quantitative estimate of drug-likeness (QED) is 0.672. The third-order valence-electron chi connectivity index (χ3n) is 2.50. The van der Waals surface area contributed by atoms with Crippen molar-refractivity contribution in [3.8, 4) is 0 Å². The van der Waals surface area contributed by atoms with E-state index in [0.717, 1.165) is 11.1 Å². The highest BCUT2D eigenvalue weighted by Gasteiger charge is 2.17. The molecular weight excluding hydrogens is 305 g/mol. The molecule has 2 heterocycles. The maximum absolute atomic E-state index is 6.06. The van der Waals surface area contributed by atoms with Crippen LogP contribution in [0.5, 0.6) is 0 Å². The van der Waals surface area contributed by atoms with Crippen molar-refractivity contribution in [2.75, 3.05) is 0 Å². The molecular formula is C11H11BrClN3O. The van der Waals surface area contributed by atoms with Crippen LogP contribution < -0.4 is 11.3 Å². The maximum atomic E-state index is 6.06. The minimum absolute atomic E-state index is 0.0666. The highest BCUT2D eigenvalue weighted by molar-refractivity contribution is 9.10. The molecule has 0 saturated heterocycles. The second-order valence-electron chi connectivity index (χ2n) is 3.54. The number of halogens is 2. The molecule has 2 aromatic rings. The molecule has 0 aliphatic heterocycles. The van der Waals surface area contributed by atoms with Gasteiger partial charge >= 0.3 is 0 Å². The highest BCUT2D eigenvalue weighted by Crippen LogP contribution is 2.28. The summed E-state index contributed by atoms with van der Waals surface area (Å²) in [7, 11) is 0. The molecule has 0 fully saturated rings. The van der Waals surface area contributed by atoms with E-state index in [0.29, 0.717) is 16.1 Å². The van der Waals surface area contributed by atoms with Crippen LogP contribution in [-0.4, -0.2) is 4.98 Å². The minimum Gasteiger partial charge on any atom is -0.457 e. The molecule has 3 N–H and O–H groups in total. The smallest absolute Gasteiger partial charge is 0.173 e. The predicted molar refractivity (Wildman–Crippen MR) is 69.4 cm³/mol. The highest BCUT2D eigenvalue weighted by atomic mass is 79.9. The van der Waals surface area contributed by atoms with Crippen LogP contribution in [0.1, 0.15) is 17.2 Å². The van der Waals surface area contributed by atoms with Crippen molar-refractivity contribution >= 4 is 27.5 Å². The maximum Gasteiger partial charge on any atom is 0.173 e. The average molecular weight is 317 g/mol. The molecule has 0 aliphatic rings. The van der Waals surface area contributed by atoms with Gasteiger partial charge in [-0.3, -0.25) is 16.3 Å². The number of hydrogen-bond acceptors (Lipinski definition) is 4. The molecule has 0 bridgehead atoms. The van der Waals surface area contributed by atoms with E-state index < -0.39 is 0 Å². The molecule has 2 aromatic heterocycles. The second kappa shape index (κ2) is 5.64. The number of rotatable bonds is 4. The van der Waals surface area contributed by atoms with Crippen molar-refractivity contribution < 1.29 is 4.42 Å². The van der Waals surface area contributed by atoms with E-state index in [1.54, 1.807) is 18.7 Å². The average Bonchev–Trinajstić information content (AvgIpc) is 2.75. The largest absolute Gasteiger partial charge is 0.457 e. The molecule has 1 unspecified atom stereocenters. The van der Waals surface area contributed by atoms with E-state index in [-0.39, 0.29) is 6.04 Å². The van der Waals surface area contributed by atoms with E-state index in [1.165, 1.54) is 0 Å². The molecule has 0 spiro atoms. The monoisotopic (exact) mass is 315 g/mol. The number of aromatic nitrogens is 1. The zero-order chi connectivity index (χ0) is 12.3. The van der Waals surface area contributed by atoms with Crippen LogP contribution in [0.4, 0.5) is 0 Å². The molecule has 0 aliphatic carbocycles. The van der Waals surface area contributed by atoms with E-state index >= 15 is 0 Å². The lowest BCUT2D eigenvalue weighted by molar-refractivity contribution is 0.506. The summed E-state index contributed by atoms with van der Waals surface area (Å²) in [4.78, 5) is 3.95. The Balaban J connectivity index is 2.22. The normalized spacial score (nSPS) is 12.6. The van der Waals surface area contributed by atoms with Crippen molar-refractivity contribution in [1.29, 1.82) is 0 Å². The molecule has 90 valence electrons. The Kier molecular flexibility index (Phi) is 4.17. The van der Waals surface area contributed by atoms with Crippen LogP contribution in [0, 0.1) is 0 Å². The third-order valence-corrected chi connectivity index (χ3v) is 3.49. The number of pyridine rings is 1. The minimum atomic E-state index is -0.0666. The van der Waals surface area contributed by atoms with Gasteiger partial charge in [-0.1, -0.05) is 11.6 Å². The Morgan fingerprint density at radius 3 is 2.94 bits per heavy atom. The van der Waals surface area contributed by atoms with E-state index in [2.05, 4.69) is 26.3 Å². The molecule has 0 radical (unpaired) electrons. The lowest BCUT2D eigenvalue weighted by Crippen LogP contribution is -2.29. The number of hydrazine groups is 1. The van der Waals surface area contributed by atoms with Crippen molar-refractivity contribution in [2.24, 2.45) is 5.84 Å². The van der Waals surface area contributed by atoms with Gasteiger partial charge in [0.05, 0.1) is 17.3 Å². The zero-order valence-electron chi connectivity index (χ0n) is 8.86. The number of furan rings is 1. The van der Waals surface area contributed by atoms with Crippen LogP contribution in [0.3, 0.4) is 0 Å². The van der Waals surface area contributed by atoms with Gasteiger partial charge < -0.3 is 4.42 Å². The Bertz CT molecular complexity index is 503. The van der Waals surface area contributed by atoms with Crippen LogP contribution in [0.15, 0.2) is 39.9 Å². The van der Waals surface area contributed by atoms with Crippen LogP contribution in [0.2, 0.25) is 5.02 Å². The van der Waals surface area contributed by atoms with Crippen molar-refractivity contribution in [3.63, 3.8) is 0 Å². The van der Waals surface area contributed by atoms with Gasteiger partial charge in [0.25, 0.3) is 0 Å². The zero-order valence-corrected chi connectivity index (χ0v) is 11.2. The summed E-state index contributed by atoms with van der Waals surface area (Å²) in [6.07, 6.45) is 5.60. The number of nitrogens with one attached hydrogen (secondary N) is 1. The summed E-state index contributed by atoms with van der Waals surface area (Å²) in [5.74, 6) is 5.56. The summed E-state index contributed by atoms with van der Waals surface area (Å²) in [5, 5.41) is 0.632. The Morgan fingerprint density at radius 2 is 2.35 bits per heavy atom. The first-order valence-electron chi connectivity index (χ1n) is 4.99. The van der Waals surface area contributed by atoms with Crippen molar-refractivity contribution in [1.82, 2.24) is 10.4 Å². The number of hydrogen-bond donors (Lipinski definition) is 2. The summed E-state index contributed by atoms with van der Waals surface area (Å²) < 4.78 is 5.86. The summed E-state index contributed by atoms with van der Waals surface area (Å²) >= 11 is 9.39. The van der Waals surface area contributed by atoms with Gasteiger partial charge in [-0.2, -0.15) is 0 Å². The first-order chi connectivity index (χ1) is 8.22. The fraction of sp³-hybridized carbons (Fsp3) is 0.182.